The van der Waals surface area contributed by atoms with Gasteiger partial charge in [0.25, 0.3) is 5.91 Å². The van der Waals surface area contributed by atoms with Crippen LogP contribution in [0.5, 0.6) is 0 Å². The molecule has 21 heavy (non-hydrogen) atoms. The summed E-state index contributed by atoms with van der Waals surface area (Å²) in [7, 11) is 0. The van der Waals surface area contributed by atoms with Crippen LogP contribution in [-0.4, -0.2) is 17.0 Å². The van der Waals surface area contributed by atoms with Gasteiger partial charge >= 0.3 is 5.97 Å². The molecule has 4 nitrogen and oxygen atoms in total. The highest BCUT2D eigenvalue weighted by Crippen LogP contribution is 2.22. The molecule has 0 heterocycles. The van der Waals surface area contributed by atoms with E-state index in [0.29, 0.717) is 0 Å². The molecule has 7 heteroatoms. The molecule has 0 saturated carbocycles. The Balaban J connectivity index is 2.35. The van der Waals surface area contributed by atoms with Crippen molar-refractivity contribution in [3.05, 3.63) is 63.6 Å². The number of amides is 1. The number of carbonyl (C=O) groups is 2. The van der Waals surface area contributed by atoms with E-state index in [-0.39, 0.29) is 21.3 Å². The van der Waals surface area contributed by atoms with Crippen molar-refractivity contribution in [2.24, 2.45) is 0 Å². The summed E-state index contributed by atoms with van der Waals surface area (Å²) >= 11 is 3.03. The molecule has 2 aromatic carbocycles. The second-order valence-corrected chi connectivity index (χ2v) is 4.93. The topological polar surface area (TPSA) is 66.4 Å². The average Bonchev–Trinajstić information content (AvgIpc) is 2.37. The van der Waals surface area contributed by atoms with Gasteiger partial charge in [-0.05, 0) is 52.3 Å². The lowest BCUT2D eigenvalue weighted by atomic mass is 10.1. The first-order valence-electron chi connectivity index (χ1n) is 5.67. The van der Waals surface area contributed by atoms with Gasteiger partial charge in [0, 0.05) is 4.47 Å². The number of carbonyl (C=O) groups excluding carboxylic acids is 1. The number of carboxylic acids is 1. The van der Waals surface area contributed by atoms with Crippen molar-refractivity contribution in [2.75, 3.05) is 5.32 Å². The van der Waals surface area contributed by atoms with Crippen LogP contribution in [0.4, 0.5) is 14.5 Å². The van der Waals surface area contributed by atoms with Crippen molar-refractivity contribution in [3.63, 3.8) is 0 Å². The summed E-state index contributed by atoms with van der Waals surface area (Å²) in [5, 5.41) is 11.3. The van der Waals surface area contributed by atoms with Gasteiger partial charge in [-0.2, -0.15) is 0 Å². The number of carboxylic acid groups (broad SMARTS) is 1. The second-order valence-electron chi connectivity index (χ2n) is 4.07. The SMILES string of the molecule is O=C(Nc1cc(F)ccc1C(=O)O)c1ccc(F)cc1Br. The summed E-state index contributed by atoms with van der Waals surface area (Å²) in [4.78, 5) is 23.1. The predicted molar refractivity (Wildman–Crippen MR) is 75.4 cm³/mol. The standard InChI is InChI=1S/C14H8BrF2NO3/c15-11-5-7(16)1-3-9(11)13(19)18-12-6-8(17)2-4-10(12)14(20)21/h1-6H,(H,18,19)(H,20,21). The molecular weight excluding hydrogens is 348 g/mol. The number of hydrogen-bond donors (Lipinski definition) is 2. The number of nitrogens with one attached hydrogen (secondary N) is 1. The van der Waals surface area contributed by atoms with E-state index in [1.165, 1.54) is 6.07 Å². The fraction of sp³-hybridized carbons (Fsp3) is 0. The molecule has 0 spiro atoms. The predicted octanol–water partition coefficient (Wildman–Crippen LogP) is 3.68. The monoisotopic (exact) mass is 355 g/mol. The van der Waals surface area contributed by atoms with E-state index in [1.807, 2.05) is 0 Å². The zero-order chi connectivity index (χ0) is 15.6. The third kappa shape index (κ3) is 3.43. The zero-order valence-corrected chi connectivity index (χ0v) is 11.9. The zero-order valence-electron chi connectivity index (χ0n) is 10.4. The lowest BCUT2D eigenvalue weighted by Gasteiger charge is -2.09. The molecule has 0 unspecified atom stereocenters. The van der Waals surface area contributed by atoms with Crippen LogP contribution in [0, 0.1) is 11.6 Å². The highest BCUT2D eigenvalue weighted by molar-refractivity contribution is 9.10. The summed E-state index contributed by atoms with van der Waals surface area (Å²) < 4.78 is 26.4. The van der Waals surface area contributed by atoms with E-state index in [9.17, 15) is 18.4 Å². The van der Waals surface area contributed by atoms with Crippen molar-refractivity contribution in [2.45, 2.75) is 0 Å². The van der Waals surface area contributed by atoms with Crippen molar-refractivity contribution in [1.82, 2.24) is 0 Å². The molecule has 0 bridgehead atoms. The smallest absolute Gasteiger partial charge is 0.337 e. The van der Waals surface area contributed by atoms with Crippen molar-refractivity contribution < 1.29 is 23.5 Å². The van der Waals surface area contributed by atoms with Gasteiger partial charge in [0.2, 0.25) is 0 Å². The number of anilines is 1. The summed E-state index contributed by atoms with van der Waals surface area (Å²) in [5.74, 6) is -3.21. The molecule has 2 aromatic rings. The van der Waals surface area contributed by atoms with Crippen LogP contribution in [0.15, 0.2) is 40.9 Å². The Hall–Kier alpha value is -2.28. The Labute approximate surface area is 126 Å². The number of aromatic carboxylic acids is 1. The third-order valence-corrected chi connectivity index (χ3v) is 3.29. The molecule has 0 radical (unpaired) electrons. The van der Waals surface area contributed by atoms with Crippen LogP contribution in [0.3, 0.4) is 0 Å². The van der Waals surface area contributed by atoms with E-state index in [2.05, 4.69) is 21.2 Å². The van der Waals surface area contributed by atoms with Gasteiger partial charge < -0.3 is 10.4 Å². The molecule has 0 aliphatic carbocycles. The first-order chi connectivity index (χ1) is 9.88. The van der Waals surface area contributed by atoms with Crippen LogP contribution >= 0.6 is 15.9 Å². The summed E-state index contributed by atoms with van der Waals surface area (Å²) in [6, 6.07) is 6.34. The Bertz CT molecular complexity index is 734. The quantitative estimate of drug-likeness (QED) is 0.882. The maximum atomic E-state index is 13.2. The van der Waals surface area contributed by atoms with E-state index >= 15 is 0 Å². The fourth-order valence-corrected chi connectivity index (χ4v) is 2.20. The summed E-state index contributed by atoms with van der Waals surface area (Å²) in [5.41, 5.74) is -0.330. The molecule has 1 amide bonds. The molecule has 2 N–H and O–H groups in total. The molecule has 2 rings (SSSR count). The van der Waals surface area contributed by atoms with Gasteiger partial charge in [-0.3, -0.25) is 4.79 Å². The van der Waals surface area contributed by atoms with Crippen LogP contribution < -0.4 is 5.32 Å². The second kappa shape index (κ2) is 6.01. The van der Waals surface area contributed by atoms with Crippen molar-refractivity contribution in [1.29, 1.82) is 0 Å². The number of benzene rings is 2. The third-order valence-electron chi connectivity index (χ3n) is 2.64. The maximum Gasteiger partial charge on any atom is 0.337 e. The van der Waals surface area contributed by atoms with Crippen LogP contribution in [0.1, 0.15) is 20.7 Å². The Morgan fingerprint density at radius 1 is 1.00 bits per heavy atom. The minimum atomic E-state index is -1.30. The molecule has 0 aromatic heterocycles. The molecule has 0 aliphatic heterocycles. The van der Waals surface area contributed by atoms with Gasteiger partial charge in [0.1, 0.15) is 11.6 Å². The minimum Gasteiger partial charge on any atom is -0.478 e. The van der Waals surface area contributed by atoms with Crippen molar-refractivity contribution >= 4 is 33.5 Å². The Morgan fingerprint density at radius 3 is 2.14 bits per heavy atom. The molecule has 0 atom stereocenters. The Morgan fingerprint density at radius 2 is 1.57 bits per heavy atom. The molecule has 108 valence electrons. The van der Waals surface area contributed by atoms with Crippen LogP contribution in [0.2, 0.25) is 0 Å². The lowest BCUT2D eigenvalue weighted by Crippen LogP contribution is -2.15. The molecule has 0 fully saturated rings. The maximum absolute atomic E-state index is 13.2. The van der Waals surface area contributed by atoms with Gasteiger partial charge in [0.05, 0.1) is 16.8 Å². The normalized spacial score (nSPS) is 10.2. The van der Waals surface area contributed by atoms with Gasteiger partial charge in [-0.15, -0.1) is 0 Å². The largest absolute Gasteiger partial charge is 0.478 e. The van der Waals surface area contributed by atoms with Crippen LogP contribution in [-0.2, 0) is 0 Å². The first-order valence-corrected chi connectivity index (χ1v) is 6.47. The van der Waals surface area contributed by atoms with Crippen LogP contribution in [0.25, 0.3) is 0 Å². The number of halogens is 3. The highest BCUT2D eigenvalue weighted by Gasteiger charge is 2.16. The van der Waals surface area contributed by atoms with Gasteiger partial charge in [0.15, 0.2) is 0 Å². The van der Waals surface area contributed by atoms with E-state index in [1.54, 1.807) is 0 Å². The van der Waals surface area contributed by atoms with E-state index < -0.39 is 23.5 Å². The minimum absolute atomic E-state index is 0.0944. The average molecular weight is 356 g/mol. The number of rotatable bonds is 3. The van der Waals surface area contributed by atoms with Gasteiger partial charge in [-0.25, -0.2) is 13.6 Å². The van der Waals surface area contributed by atoms with E-state index in [0.717, 1.165) is 30.3 Å². The number of hydrogen-bond acceptors (Lipinski definition) is 2. The van der Waals surface area contributed by atoms with Gasteiger partial charge in [-0.1, -0.05) is 0 Å². The van der Waals surface area contributed by atoms with E-state index in [4.69, 9.17) is 5.11 Å². The highest BCUT2D eigenvalue weighted by atomic mass is 79.9. The molecule has 0 aliphatic rings. The summed E-state index contributed by atoms with van der Waals surface area (Å²) in [6.45, 7) is 0. The lowest BCUT2D eigenvalue weighted by molar-refractivity contribution is 0.0698. The first kappa shape index (κ1) is 15.1. The van der Waals surface area contributed by atoms with Crippen molar-refractivity contribution in [3.8, 4) is 0 Å². The Kier molecular flexibility index (Phi) is 4.32. The molecule has 0 saturated heterocycles. The summed E-state index contributed by atoms with van der Waals surface area (Å²) in [6.07, 6.45) is 0. The fourth-order valence-electron chi connectivity index (χ4n) is 1.67. The molecular formula is C14H8BrF2NO3.